The predicted octanol–water partition coefficient (Wildman–Crippen LogP) is 4.40. The number of nitrogens with zero attached hydrogens (tertiary/aromatic N) is 5. The van der Waals surface area contributed by atoms with Crippen LogP contribution in [0.1, 0.15) is 43.0 Å². The number of hydrogen-bond acceptors (Lipinski definition) is 10. The number of benzene rings is 3. The molecule has 0 aliphatic carbocycles. The van der Waals surface area contributed by atoms with E-state index >= 15 is 0 Å². The molecule has 0 saturated carbocycles. The lowest BCUT2D eigenvalue weighted by atomic mass is 10.0. The molecule has 44 heavy (non-hydrogen) atoms. The van der Waals surface area contributed by atoms with Crippen molar-refractivity contribution < 1.29 is 33.3 Å². The molecule has 5 rings (SSSR count). The van der Waals surface area contributed by atoms with Gasteiger partial charge in [-0.15, -0.1) is 0 Å². The number of azide groups is 1. The average Bonchev–Trinajstić information content (AvgIpc) is 3.33. The zero-order chi connectivity index (χ0) is 31.1. The Morgan fingerprint density at radius 2 is 1.39 bits per heavy atom. The molecule has 0 bridgehead atoms. The fraction of sp³-hybridized carbons (Fsp3) is 0.194. The second-order valence-corrected chi connectivity index (χ2v) is 9.67. The Morgan fingerprint density at radius 1 is 0.864 bits per heavy atom. The number of aromatic nitrogens is 2. The second kappa shape index (κ2) is 13.0. The number of hydrogen-bond donors (Lipinski definition) is 0. The van der Waals surface area contributed by atoms with Crippen LogP contribution < -0.4 is 5.69 Å². The summed E-state index contributed by atoms with van der Waals surface area (Å²) >= 11 is 0. The molecule has 1 fully saturated rings. The lowest BCUT2D eigenvalue weighted by molar-refractivity contribution is -0.129. The Balaban J connectivity index is 1.61. The Kier molecular flexibility index (Phi) is 8.80. The standard InChI is InChI=1S/C31H25N5O8/c1-20-17-18-36(30(40)33-20)26-24(42-28(38)22-13-7-3-8-14-22)25(43-29(39)23-15-9-4-10-16-23)31(44-26,34-35-32)19-41-27(37)21-11-5-2-6-12-21/h2-18,24-26H,19H2,1H3/t24-,25-,26+,31+/m0/s1. The highest BCUT2D eigenvalue weighted by molar-refractivity contribution is 5.91. The van der Waals surface area contributed by atoms with Crippen molar-refractivity contribution in [1.29, 1.82) is 0 Å². The van der Waals surface area contributed by atoms with E-state index in [4.69, 9.17) is 18.9 Å². The molecular formula is C31H25N5O8. The van der Waals surface area contributed by atoms with Gasteiger partial charge in [0.1, 0.15) is 6.61 Å². The van der Waals surface area contributed by atoms with Crippen molar-refractivity contribution in [3.8, 4) is 0 Å². The van der Waals surface area contributed by atoms with E-state index in [-0.39, 0.29) is 16.7 Å². The highest BCUT2D eigenvalue weighted by atomic mass is 16.7. The minimum atomic E-state index is -2.29. The van der Waals surface area contributed by atoms with Gasteiger partial charge in [0.25, 0.3) is 0 Å². The molecule has 0 radical (unpaired) electrons. The molecule has 1 saturated heterocycles. The van der Waals surface area contributed by atoms with Gasteiger partial charge in [-0.25, -0.2) is 19.2 Å². The van der Waals surface area contributed by atoms with Crippen LogP contribution in [0.25, 0.3) is 10.4 Å². The van der Waals surface area contributed by atoms with Crippen LogP contribution in [0.3, 0.4) is 0 Å². The van der Waals surface area contributed by atoms with Crippen molar-refractivity contribution in [2.24, 2.45) is 5.11 Å². The zero-order valence-electron chi connectivity index (χ0n) is 23.3. The van der Waals surface area contributed by atoms with E-state index in [0.29, 0.717) is 5.69 Å². The lowest BCUT2D eigenvalue weighted by Gasteiger charge is -2.29. The molecule has 4 atom stereocenters. The minimum Gasteiger partial charge on any atom is -0.459 e. The number of carbonyl (C=O) groups excluding carboxylic acids is 3. The van der Waals surface area contributed by atoms with Crippen molar-refractivity contribution in [1.82, 2.24) is 9.55 Å². The molecule has 13 heteroatoms. The average molecular weight is 596 g/mol. The van der Waals surface area contributed by atoms with E-state index in [2.05, 4.69) is 15.0 Å². The summed E-state index contributed by atoms with van der Waals surface area (Å²) in [5.74, 6) is -2.54. The highest BCUT2D eigenvalue weighted by Gasteiger charge is 2.61. The predicted molar refractivity (Wildman–Crippen MR) is 153 cm³/mol. The topological polar surface area (TPSA) is 172 Å². The number of rotatable bonds is 9. The summed E-state index contributed by atoms with van der Waals surface area (Å²) in [7, 11) is 0. The Morgan fingerprint density at radius 3 is 1.91 bits per heavy atom. The first-order valence-corrected chi connectivity index (χ1v) is 13.4. The van der Waals surface area contributed by atoms with Crippen molar-refractivity contribution in [2.75, 3.05) is 6.61 Å². The summed E-state index contributed by atoms with van der Waals surface area (Å²) in [5, 5.41) is 3.78. The molecule has 1 aromatic heterocycles. The monoisotopic (exact) mass is 595 g/mol. The van der Waals surface area contributed by atoms with Gasteiger partial charge in [0.15, 0.2) is 18.4 Å². The molecular weight excluding hydrogens is 570 g/mol. The molecule has 1 aliphatic rings. The van der Waals surface area contributed by atoms with Crippen LogP contribution in [0.15, 0.2) is 113 Å². The largest absolute Gasteiger partial charge is 0.459 e. The molecule has 1 aliphatic heterocycles. The van der Waals surface area contributed by atoms with Crippen LogP contribution in [-0.2, 0) is 18.9 Å². The molecule has 0 N–H and O–H groups in total. The molecule has 222 valence electrons. The Bertz CT molecular complexity index is 1760. The third-order valence-corrected chi connectivity index (χ3v) is 6.72. The van der Waals surface area contributed by atoms with Crippen LogP contribution in [-0.4, -0.2) is 52.0 Å². The summed E-state index contributed by atoms with van der Waals surface area (Å²) in [6.07, 6.45) is -3.48. The van der Waals surface area contributed by atoms with E-state index < -0.39 is 54.4 Å². The first-order chi connectivity index (χ1) is 21.3. The Hall–Kier alpha value is -5.78. The molecule has 3 aromatic carbocycles. The third kappa shape index (κ3) is 6.33. The maximum Gasteiger partial charge on any atom is 0.350 e. The van der Waals surface area contributed by atoms with Crippen LogP contribution in [0.2, 0.25) is 0 Å². The van der Waals surface area contributed by atoms with Crippen LogP contribution in [0.4, 0.5) is 0 Å². The van der Waals surface area contributed by atoms with Crippen LogP contribution >= 0.6 is 0 Å². The van der Waals surface area contributed by atoms with Crippen molar-refractivity contribution in [3.05, 3.63) is 147 Å². The highest BCUT2D eigenvalue weighted by Crippen LogP contribution is 2.42. The summed E-state index contributed by atoms with van der Waals surface area (Å²) < 4.78 is 24.3. The van der Waals surface area contributed by atoms with E-state index in [1.807, 2.05) is 0 Å². The third-order valence-electron chi connectivity index (χ3n) is 6.72. The maximum atomic E-state index is 13.4. The van der Waals surface area contributed by atoms with Crippen molar-refractivity contribution in [2.45, 2.75) is 31.1 Å². The summed E-state index contributed by atoms with van der Waals surface area (Å²) in [5.41, 5.74) is 7.41. The van der Waals surface area contributed by atoms with Gasteiger partial charge in [-0.3, -0.25) is 4.57 Å². The van der Waals surface area contributed by atoms with Gasteiger partial charge in [0, 0.05) is 16.8 Å². The van der Waals surface area contributed by atoms with Gasteiger partial charge in [0.2, 0.25) is 5.72 Å². The maximum absolute atomic E-state index is 13.4. The number of esters is 3. The SMILES string of the molecule is Cc1ccn([C@@H]2O[C@@](COC(=O)c3ccccc3)(N=[N+]=[N-])[C@@H](OC(=O)c3ccccc3)[C@@H]2OC(=O)c2ccccc2)c(=O)n1. The minimum absolute atomic E-state index is 0.120. The Labute approximate surface area is 250 Å². The lowest BCUT2D eigenvalue weighted by Crippen LogP contribution is -2.49. The molecule has 0 unspecified atom stereocenters. The summed E-state index contributed by atoms with van der Waals surface area (Å²) in [6.45, 7) is 0.827. The van der Waals surface area contributed by atoms with E-state index in [1.54, 1.807) is 61.5 Å². The van der Waals surface area contributed by atoms with Crippen molar-refractivity contribution >= 4 is 17.9 Å². The van der Waals surface area contributed by atoms with Crippen LogP contribution in [0, 0.1) is 6.92 Å². The summed E-state index contributed by atoms with van der Waals surface area (Å²) in [4.78, 5) is 59.4. The van der Waals surface area contributed by atoms with E-state index in [0.717, 1.165) is 4.57 Å². The van der Waals surface area contributed by atoms with Crippen molar-refractivity contribution in [3.63, 3.8) is 0 Å². The fourth-order valence-electron chi connectivity index (χ4n) is 4.59. The van der Waals surface area contributed by atoms with Gasteiger partial charge in [0.05, 0.1) is 16.7 Å². The second-order valence-electron chi connectivity index (χ2n) is 9.67. The normalized spacial score (nSPS) is 20.6. The van der Waals surface area contributed by atoms with Gasteiger partial charge >= 0.3 is 23.6 Å². The molecule has 2 heterocycles. The van der Waals surface area contributed by atoms with Gasteiger partial charge in [-0.1, -0.05) is 59.7 Å². The van der Waals surface area contributed by atoms with Crippen LogP contribution in [0.5, 0.6) is 0 Å². The molecule has 0 spiro atoms. The number of ether oxygens (including phenoxy) is 4. The summed E-state index contributed by atoms with van der Waals surface area (Å²) in [6, 6.07) is 25.3. The van der Waals surface area contributed by atoms with Gasteiger partial charge < -0.3 is 18.9 Å². The van der Waals surface area contributed by atoms with Gasteiger partial charge in [-0.05, 0) is 54.9 Å². The first kappa shape index (κ1) is 29.7. The number of carbonyl (C=O) groups is 3. The smallest absolute Gasteiger partial charge is 0.350 e. The zero-order valence-corrected chi connectivity index (χ0v) is 23.3. The van der Waals surface area contributed by atoms with Gasteiger partial charge in [-0.2, -0.15) is 4.98 Å². The molecule has 0 amide bonds. The first-order valence-electron chi connectivity index (χ1n) is 13.4. The van der Waals surface area contributed by atoms with E-state index in [1.165, 1.54) is 48.7 Å². The number of aryl methyl sites for hydroxylation is 1. The fourth-order valence-corrected chi connectivity index (χ4v) is 4.59. The molecule has 13 nitrogen and oxygen atoms in total. The quantitative estimate of drug-likeness (QED) is 0.0894. The van der Waals surface area contributed by atoms with E-state index in [9.17, 15) is 24.7 Å². The molecule has 4 aromatic rings.